The second-order valence-corrected chi connectivity index (χ2v) is 7.09. The van der Waals surface area contributed by atoms with Gasteiger partial charge in [-0.15, -0.1) is 0 Å². The molecule has 1 aliphatic heterocycles. The van der Waals surface area contributed by atoms with E-state index in [2.05, 4.69) is 36.1 Å². The number of nitrogens with one attached hydrogen (secondary N) is 1. The number of hydrogen-bond acceptors (Lipinski definition) is 6. The van der Waals surface area contributed by atoms with Crippen molar-refractivity contribution in [3.8, 4) is 11.3 Å². The molecular weight excluding hydrogens is 328 g/mol. The third-order valence-electron chi connectivity index (χ3n) is 5.17. The minimum Gasteiger partial charge on any atom is -0.361 e. The number of nitrogens with zero attached hydrogens (tertiary/aromatic N) is 5. The van der Waals surface area contributed by atoms with E-state index in [1.54, 1.807) is 12.7 Å². The van der Waals surface area contributed by atoms with E-state index >= 15 is 0 Å². The van der Waals surface area contributed by atoms with Crippen molar-refractivity contribution < 1.29 is 4.52 Å². The zero-order valence-electron chi connectivity index (χ0n) is 15.3. The Kier molecular flexibility index (Phi) is 4.79. The summed E-state index contributed by atoms with van der Waals surface area (Å²) in [7, 11) is 0. The maximum atomic E-state index is 5.27. The Morgan fingerprint density at radius 1 is 1.23 bits per heavy atom. The van der Waals surface area contributed by atoms with Crippen molar-refractivity contribution >= 4 is 0 Å². The Bertz CT molecular complexity index is 829. The van der Waals surface area contributed by atoms with Crippen LogP contribution in [0.15, 0.2) is 29.4 Å². The van der Waals surface area contributed by atoms with Gasteiger partial charge in [0.15, 0.2) is 0 Å². The maximum Gasteiger partial charge on any atom is 0.143 e. The fraction of sp³-hybridized carbons (Fsp3) is 0.474. The van der Waals surface area contributed by atoms with E-state index in [9.17, 15) is 0 Å². The first-order valence-electron chi connectivity index (χ1n) is 9.13. The fourth-order valence-corrected chi connectivity index (χ4v) is 3.75. The molecular formula is C19H24N6O. The summed E-state index contributed by atoms with van der Waals surface area (Å²) in [6, 6.07) is 2.09. The standard InChI is InChI=1S/C19H24N6O/c1-13-19(14(2)26-24-13)18-8-16(22-12-23-18)7-15-3-5-25(6-4-15)10-17-9-20-11-21-17/h8-9,11-12,15H,3-7,10H2,1-2H3,(H,20,21). The molecule has 0 spiro atoms. The molecule has 0 amide bonds. The van der Waals surface area contributed by atoms with Crippen LogP contribution in [0.4, 0.5) is 0 Å². The van der Waals surface area contributed by atoms with Gasteiger partial charge >= 0.3 is 0 Å². The molecule has 0 radical (unpaired) electrons. The lowest BCUT2D eigenvalue weighted by Gasteiger charge is -2.31. The Balaban J connectivity index is 1.37. The molecule has 4 rings (SSSR count). The summed E-state index contributed by atoms with van der Waals surface area (Å²) in [4.78, 5) is 18.7. The van der Waals surface area contributed by atoms with Gasteiger partial charge in [0.1, 0.15) is 12.1 Å². The van der Waals surface area contributed by atoms with E-state index < -0.39 is 0 Å². The van der Waals surface area contributed by atoms with Gasteiger partial charge < -0.3 is 9.51 Å². The van der Waals surface area contributed by atoms with Gasteiger partial charge in [0.05, 0.1) is 23.3 Å². The van der Waals surface area contributed by atoms with Crippen molar-refractivity contribution in [2.45, 2.75) is 39.7 Å². The third kappa shape index (κ3) is 3.67. The third-order valence-corrected chi connectivity index (χ3v) is 5.17. The number of imidazole rings is 1. The van der Waals surface area contributed by atoms with Gasteiger partial charge in [0.25, 0.3) is 0 Å². The van der Waals surface area contributed by atoms with Crippen molar-refractivity contribution in [3.63, 3.8) is 0 Å². The predicted molar refractivity (Wildman–Crippen MR) is 97.3 cm³/mol. The second kappa shape index (κ2) is 7.37. The molecule has 7 heteroatoms. The fourth-order valence-electron chi connectivity index (χ4n) is 3.75. The van der Waals surface area contributed by atoms with Crippen LogP contribution in [-0.4, -0.2) is 43.1 Å². The highest BCUT2D eigenvalue weighted by Gasteiger charge is 2.21. The van der Waals surface area contributed by atoms with Gasteiger partial charge in [-0.05, 0) is 58.2 Å². The summed E-state index contributed by atoms with van der Waals surface area (Å²) in [5, 5.41) is 4.03. The summed E-state index contributed by atoms with van der Waals surface area (Å²) >= 11 is 0. The predicted octanol–water partition coefficient (Wildman–Crippen LogP) is 2.93. The highest BCUT2D eigenvalue weighted by molar-refractivity contribution is 5.63. The molecule has 0 bridgehead atoms. The zero-order valence-corrected chi connectivity index (χ0v) is 15.3. The van der Waals surface area contributed by atoms with E-state index in [1.165, 1.54) is 18.5 Å². The lowest BCUT2D eigenvalue weighted by molar-refractivity contribution is 0.175. The minimum atomic E-state index is 0.667. The Hall–Kier alpha value is -2.54. The molecule has 0 atom stereocenters. The molecule has 1 saturated heterocycles. The van der Waals surface area contributed by atoms with Crippen LogP contribution in [0.2, 0.25) is 0 Å². The molecule has 0 unspecified atom stereocenters. The molecule has 1 fully saturated rings. The van der Waals surface area contributed by atoms with Crippen molar-refractivity contribution in [3.05, 3.63) is 47.8 Å². The normalized spacial score (nSPS) is 16.2. The zero-order chi connectivity index (χ0) is 17.9. The number of hydrogen-bond donors (Lipinski definition) is 1. The Morgan fingerprint density at radius 2 is 2.08 bits per heavy atom. The van der Waals surface area contributed by atoms with Gasteiger partial charge in [-0.3, -0.25) is 4.90 Å². The summed E-state index contributed by atoms with van der Waals surface area (Å²) < 4.78 is 5.27. The number of aromatic amines is 1. The Labute approximate surface area is 152 Å². The molecule has 0 saturated carbocycles. The summed E-state index contributed by atoms with van der Waals surface area (Å²) in [6.45, 7) is 7.06. The molecule has 3 aromatic heterocycles. The van der Waals surface area contributed by atoms with Crippen molar-refractivity contribution in [1.82, 2.24) is 30.0 Å². The largest absolute Gasteiger partial charge is 0.361 e. The topological polar surface area (TPSA) is 83.7 Å². The van der Waals surface area contributed by atoms with Crippen molar-refractivity contribution in [2.24, 2.45) is 5.92 Å². The van der Waals surface area contributed by atoms with E-state index in [-0.39, 0.29) is 0 Å². The van der Waals surface area contributed by atoms with Gasteiger partial charge in [-0.2, -0.15) is 0 Å². The summed E-state index contributed by atoms with van der Waals surface area (Å²) in [5.74, 6) is 1.47. The first-order valence-corrected chi connectivity index (χ1v) is 9.13. The highest BCUT2D eigenvalue weighted by Crippen LogP contribution is 2.27. The Morgan fingerprint density at radius 3 is 2.77 bits per heavy atom. The molecule has 0 aromatic carbocycles. The van der Waals surface area contributed by atoms with Crippen LogP contribution in [-0.2, 0) is 13.0 Å². The van der Waals surface area contributed by atoms with Gasteiger partial charge in [0.2, 0.25) is 0 Å². The first kappa shape index (κ1) is 16.9. The maximum absolute atomic E-state index is 5.27. The number of rotatable bonds is 5. The lowest BCUT2D eigenvalue weighted by atomic mass is 9.91. The lowest BCUT2D eigenvalue weighted by Crippen LogP contribution is -2.34. The second-order valence-electron chi connectivity index (χ2n) is 7.09. The van der Waals surface area contributed by atoms with Crippen LogP contribution in [0.3, 0.4) is 0 Å². The van der Waals surface area contributed by atoms with Crippen LogP contribution < -0.4 is 0 Å². The van der Waals surface area contributed by atoms with E-state index in [4.69, 9.17) is 4.52 Å². The smallest absolute Gasteiger partial charge is 0.143 e. The van der Waals surface area contributed by atoms with Crippen LogP contribution in [0.25, 0.3) is 11.3 Å². The van der Waals surface area contributed by atoms with Crippen molar-refractivity contribution in [2.75, 3.05) is 13.1 Å². The molecule has 136 valence electrons. The van der Waals surface area contributed by atoms with E-state index in [1.807, 2.05) is 20.0 Å². The van der Waals surface area contributed by atoms with E-state index in [0.29, 0.717) is 5.92 Å². The minimum absolute atomic E-state index is 0.667. The molecule has 7 nitrogen and oxygen atoms in total. The number of piperidine rings is 1. The molecule has 3 aromatic rings. The number of likely N-dealkylation sites (tertiary alicyclic amines) is 1. The summed E-state index contributed by atoms with van der Waals surface area (Å²) in [5.41, 5.74) is 5.05. The van der Waals surface area contributed by atoms with Crippen LogP contribution >= 0.6 is 0 Å². The first-order chi connectivity index (χ1) is 12.7. The van der Waals surface area contributed by atoms with Gasteiger partial charge in [-0.1, -0.05) is 5.16 Å². The quantitative estimate of drug-likeness (QED) is 0.760. The number of aromatic nitrogens is 5. The van der Waals surface area contributed by atoms with Gasteiger partial charge in [-0.25, -0.2) is 15.0 Å². The SMILES string of the molecule is Cc1noc(C)c1-c1cc(CC2CCN(Cc3cnc[nH]3)CC2)ncn1. The average Bonchev–Trinajstić information content (AvgIpc) is 3.27. The number of aryl methyl sites for hydroxylation is 2. The van der Waals surface area contributed by atoms with Crippen LogP contribution in [0.5, 0.6) is 0 Å². The molecule has 0 aliphatic carbocycles. The molecule has 1 N–H and O–H groups in total. The molecule has 4 heterocycles. The summed E-state index contributed by atoms with van der Waals surface area (Å²) in [6.07, 6.45) is 8.69. The number of H-pyrrole nitrogens is 1. The highest BCUT2D eigenvalue weighted by atomic mass is 16.5. The van der Waals surface area contributed by atoms with E-state index in [0.717, 1.165) is 54.5 Å². The molecule has 1 aliphatic rings. The van der Waals surface area contributed by atoms with Crippen molar-refractivity contribution in [1.29, 1.82) is 0 Å². The van der Waals surface area contributed by atoms with Gasteiger partial charge in [0, 0.05) is 24.1 Å². The molecule has 26 heavy (non-hydrogen) atoms. The monoisotopic (exact) mass is 352 g/mol. The average molecular weight is 352 g/mol. The van der Waals surface area contributed by atoms with Crippen LogP contribution in [0, 0.1) is 19.8 Å². The van der Waals surface area contributed by atoms with Crippen LogP contribution in [0.1, 0.15) is 35.7 Å².